The molecule has 0 aliphatic heterocycles. The third-order valence-corrected chi connectivity index (χ3v) is 13.1. The molecule has 0 heterocycles. The van der Waals surface area contributed by atoms with Crippen LogP contribution in [0.2, 0.25) is 23.2 Å². The second-order valence-electron chi connectivity index (χ2n) is 6.92. The van der Waals surface area contributed by atoms with Gasteiger partial charge >= 0.3 is 0 Å². The van der Waals surface area contributed by atoms with Gasteiger partial charge in [-0.25, -0.2) is 8.42 Å². The van der Waals surface area contributed by atoms with E-state index in [4.69, 9.17) is 11.6 Å². The highest BCUT2D eigenvalue weighted by molar-refractivity contribution is 7.91. The first-order valence-electron chi connectivity index (χ1n) is 7.30. The van der Waals surface area contributed by atoms with Crippen molar-refractivity contribution in [2.75, 3.05) is 0 Å². The Morgan fingerprint density at radius 2 is 1.74 bits per heavy atom. The fourth-order valence-corrected chi connectivity index (χ4v) is 7.99. The Hall–Kier alpha value is -1.11. The third-order valence-electron chi connectivity index (χ3n) is 4.24. The number of rotatable bonds is 5. The average molecular weight is 374 g/mol. The summed E-state index contributed by atoms with van der Waals surface area (Å²) in [6, 6.07) is 5.88. The lowest BCUT2D eigenvalue weighted by atomic mass is 10.2. The number of carbonyl (C=O) groups is 1. The molecule has 0 saturated heterocycles. The summed E-state index contributed by atoms with van der Waals surface area (Å²) < 4.78 is 27.3. The van der Waals surface area contributed by atoms with Gasteiger partial charge in [0.25, 0.3) is 10.0 Å². The monoisotopic (exact) mass is 373 g/mol. The molecule has 1 amide bonds. The highest BCUT2D eigenvalue weighted by atomic mass is 35.5. The van der Waals surface area contributed by atoms with Crippen LogP contribution in [0.3, 0.4) is 0 Å². The Morgan fingerprint density at radius 3 is 2.13 bits per heavy atom. The molecule has 0 fully saturated rings. The largest absolute Gasteiger partial charge is 0.274 e. The van der Waals surface area contributed by atoms with E-state index in [1.165, 1.54) is 30.3 Å². The van der Waals surface area contributed by atoms with Crippen molar-refractivity contribution in [1.29, 1.82) is 0 Å². The molecule has 0 radical (unpaired) electrons. The Labute approximate surface area is 145 Å². The predicted octanol–water partition coefficient (Wildman–Crippen LogP) is 4.44. The predicted molar refractivity (Wildman–Crippen MR) is 97.5 cm³/mol. The number of halogens is 1. The van der Waals surface area contributed by atoms with E-state index in [2.05, 4.69) is 6.58 Å². The van der Waals surface area contributed by atoms with Crippen molar-refractivity contribution < 1.29 is 13.2 Å². The zero-order chi connectivity index (χ0) is 18.1. The first-order chi connectivity index (χ1) is 10.4. The van der Waals surface area contributed by atoms with E-state index in [1.807, 2.05) is 33.9 Å². The first-order valence-corrected chi connectivity index (χ1v) is 12.1. The normalized spacial score (nSPS) is 12.8. The van der Waals surface area contributed by atoms with Crippen LogP contribution in [-0.4, -0.2) is 26.5 Å². The lowest BCUT2D eigenvalue weighted by Crippen LogP contribution is -2.59. The molecule has 7 heteroatoms. The summed E-state index contributed by atoms with van der Waals surface area (Å²) in [6.45, 7) is 13.2. The molecule has 0 unspecified atom stereocenters. The Bertz CT molecular complexity index is 691. The Balaban J connectivity index is 3.54. The molecule has 23 heavy (non-hydrogen) atoms. The van der Waals surface area contributed by atoms with Gasteiger partial charge in [0, 0.05) is 11.4 Å². The van der Waals surface area contributed by atoms with Crippen LogP contribution in [0.1, 0.15) is 27.2 Å². The molecule has 0 atom stereocenters. The molecule has 1 aromatic carbocycles. The van der Waals surface area contributed by atoms with Crippen LogP contribution in [0, 0.1) is 0 Å². The maximum Gasteiger partial charge on any atom is 0.259 e. The summed E-state index contributed by atoms with van der Waals surface area (Å²) in [7, 11) is -6.59. The van der Waals surface area contributed by atoms with Crippen molar-refractivity contribution in [2.24, 2.45) is 0 Å². The van der Waals surface area contributed by atoms with Crippen molar-refractivity contribution >= 4 is 35.8 Å². The van der Waals surface area contributed by atoms with Gasteiger partial charge in [-0.3, -0.25) is 8.77 Å². The van der Waals surface area contributed by atoms with Gasteiger partial charge in [-0.05, 0) is 42.4 Å². The number of hydrogen-bond acceptors (Lipinski definition) is 3. The SMILES string of the molecule is C=CCC(=O)N([Si](C)(C)C(C)(C)C)S(=O)(=O)c1ccc(Cl)cc1. The van der Waals surface area contributed by atoms with Crippen LogP contribution in [0.4, 0.5) is 0 Å². The molecule has 1 rings (SSSR count). The van der Waals surface area contributed by atoms with Crippen molar-refractivity contribution in [3.05, 3.63) is 41.9 Å². The molecule has 4 nitrogen and oxygen atoms in total. The second kappa shape index (κ2) is 6.79. The minimum atomic E-state index is -3.94. The topological polar surface area (TPSA) is 54.5 Å². The molecule has 0 saturated carbocycles. The van der Waals surface area contributed by atoms with Gasteiger partial charge < -0.3 is 0 Å². The highest BCUT2D eigenvalue weighted by Crippen LogP contribution is 2.41. The Kier molecular flexibility index (Phi) is 5.88. The number of benzene rings is 1. The summed E-state index contributed by atoms with van der Waals surface area (Å²) in [5.74, 6) is -0.443. The van der Waals surface area contributed by atoms with Crippen molar-refractivity contribution in [2.45, 2.75) is 50.2 Å². The lowest BCUT2D eigenvalue weighted by molar-refractivity contribution is -0.123. The lowest BCUT2D eigenvalue weighted by Gasteiger charge is -2.44. The molecule has 0 bridgehead atoms. The number of nitrogens with zero attached hydrogens (tertiary/aromatic N) is 1. The van der Waals surface area contributed by atoms with Crippen molar-refractivity contribution in [1.82, 2.24) is 3.97 Å². The number of carbonyl (C=O) groups excluding carboxylic acids is 1. The molecule has 0 spiro atoms. The molecule has 1 aromatic rings. The molecular weight excluding hydrogens is 350 g/mol. The maximum atomic E-state index is 13.1. The van der Waals surface area contributed by atoms with Gasteiger partial charge in [0.05, 0.1) is 4.90 Å². The summed E-state index contributed by atoms with van der Waals surface area (Å²) >= 11 is 5.84. The molecular formula is C16H24ClNO3SSi. The van der Waals surface area contributed by atoms with Gasteiger partial charge in [-0.2, -0.15) is 0 Å². The maximum absolute atomic E-state index is 13.1. The summed E-state index contributed by atoms with van der Waals surface area (Å²) in [5, 5.41) is 0.129. The zero-order valence-corrected chi connectivity index (χ0v) is 16.8. The van der Waals surface area contributed by atoms with Crippen LogP contribution >= 0.6 is 11.6 Å². The van der Waals surface area contributed by atoms with Crippen LogP contribution in [0.25, 0.3) is 0 Å². The molecule has 128 valence electrons. The molecule has 0 aromatic heterocycles. The van der Waals surface area contributed by atoms with E-state index in [0.717, 1.165) is 3.97 Å². The smallest absolute Gasteiger partial charge is 0.259 e. The second-order valence-corrected chi connectivity index (χ2v) is 14.5. The Morgan fingerprint density at radius 1 is 1.26 bits per heavy atom. The highest BCUT2D eigenvalue weighted by Gasteiger charge is 2.49. The van der Waals surface area contributed by atoms with Gasteiger partial charge in [0.15, 0.2) is 8.24 Å². The summed E-state index contributed by atoms with van der Waals surface area (Å²) in [4.78, 5) is 12.7. The van der Waals surface area contributed by atoms with E-state index >= 15 is 0 Å². The molecule has 0 N–H and O–H groups in total. The van der Waals surface area contributed by atoms with Crippen molar-refractivity contribution in [3.8, 4) is 0 Å². The van der Waals surface area contributed by atoms with E-state index in [9.17, 15) is 13.2 Å². The van der Waals surface area contributed by atoms with Crippen LogP contribution in [0.5, 0.6) is 0 Å². The van der Waals surface area contributed by atoms with E-state index in [1.54, 1.807) is 0 Å². The standard InChI is InChI=1S/C16H24ClNO3SSi/c1-7-8-15(19)18(23(5,6)16(2,3)4)22(20,21)14-11-9-13(17)10-12-14/h7,9-12H,1,8H2,2-6H3. The third kappa shape index (κ3) is 4.05. The minimum Gasteiger partial charge on any atom is -0.274 e. The van der Waals surface area contributed by atoms with Crippen LogP contribution < -0.4 is 0 Å². The van der Waals surface area contributed by atoms with Crippen molar-refractivity contribution in [3.63, 3.8) is 0 Å². The van der Waals surface area contributed by atoms with Gasteiger partial charge in [0.1, 0.15) is 0 Å². The van der Waals surface area contributed by atoms with E-state index in [-0.39, 0.29) is 16.4 Å². The fourth-order valence-electron chi connectivity index (χ4n) is 1.97. The number of hydrogen-bond donors (Lipinski definition) is 0. The quantitative estimate of drug-likeness (QED) is 0.566. The number of sulfonamides is 1. The van der Waals surface area contributed by atoms with Gasteiger partial charge in [-0.15, -0.1) is 6.58 Å². The molecule has 0 aliphatic rings. The van der Waals surface area contributed by atoms with Crippen LogP contribution in [0.15, 0.2) is 41.8 Å². The van der Waals surface area contributed by atoms with Crippen LogP contribution in [-0.2, 0) is 14.8 Å². The van der Waals surface area contributed by atoms with E-state index < -0.39 is 24.2 Å². The number of amides is 1. The fraction of sp³-hybridized carbons (Fsp3) is 0.438. The first kappa shape index (κ1) is 19.9. The summed E-state index contributed by atoms with van der Waals surface area (Å²) in [5.41, 5.74) is 0. The van der Waals surface area contributed by atoms with Gasteiger partial charge in [0.2, 0.25) is 5.91 Å². The molecule has 0 aliphatic carbocycles. The average Bonchev–Trinajstić information content (AvgIpc) is 2.37. The van der Waals surface area contributed by atoms with E-state index in [0.29, 0.717) is 5.02 Å². The minimum absolute atomic E-state index is 0.0146. The van der Waals surface area contributed by atoms with Gasteiger partial charge in [-0.1, -0.05) is 38.4 Å². The summed E-state index contributed by atoms with van der Waals surface area (Å²) in [6.07, 6.45) is 1.42. The zero-order valence-electron chi connectivity index (χ0n) is 14.3.